The third-order valence-electron chi connectivity index (χ3n) is 3.04. The van der Waals surface area contributed by atoms with Gasteiger partial charge in [-0.3, -0.25) is 0 Å². The number of aliphatic hydroxyl groups is 1. The molecule has 0 aliphatic rings. The van der Waals surface area contributed by atoms with E-state index >= 15 is 0 Å². The molecule has 1 atom stereocenters. The van der Waals surface area contributed by atoms with Crippen LogP contribution < -0.4 is 10.5 Å². The topological polar surface area (TPSA) is 64.7 Å². The Morgan fingerprint density at radius 1 is 1.37 bits per heavy atom. The molecular formula is C14H22FNO3. The molecule has 0 spiro atoms. The van der Waals surface area contributed by atoms with Gasteiger partial charge in [0.05, 0.1) is 19.3 Å². The van der Waals surface area contributed by atoms with Crippen molar-refractivity contribution in [1.29, 1.82) is 0 Å². The molecule has 0 fully saturated rings. The minimum atomic E-state index is -1.11. The molecule has 4 nitrogen and oxygen atoms in total. The van der Waals surface area contributed by atoms with Crippen LogP contribution in [0.2, 0.25) is 0 Å². The highest BCUT2D eigenvalue weighted by Gasteiger charge is 2.28. The van der Waals surface area contributed by atoms with Gasteiger partial charge in [0.1, 0.15) is 0 Å². The van der Waals surface area contributed by atoms with Crippen molar-refractivity contribution in [2.24, 2.45) is 5.73 Å². The van der Waals surface area contributed by atoms with Crippen molar-refractivity contribution < 1.29 is 19.0 Å². The number of hydrogen-bond donors (Lipinski definition) is 2. The number of benzene rings is 1. The van der Waals surface area contributed by atoms with Crippen molar-refractivity contribution >= 4 is 0 Å². The third-order valence-corrected chi connectivity index (χ3v) is 3.04. The highest BCUT2D eigenvalue weighted by atomic mass is 19.1. The molecule has 0 aliphatic heterocycles. The van der Waals surface area contributed by atoms with Crippen LogP contribution in [0.15, 0.2) is 18.2 Å². The van der Waals surface area contributed by atoms with Gasteiger partial charge in [0.25, 0.3) is 0 Å². The van der Waals surface area contributed by atoms with Crippen molar-refractivity contribution in [2.45, 2.75) is 24.9 Å². The summed E-state index contributed by atoms with van der Waals surface area (Å²) < 4.78 is 24.0. The molecule has 108 valence electrons. The molecule has 0 heterocycles. The standard InChI is InChI=1S/C14H22FNO3/c1-18-10-14(17,7-4-8-16)9-11-5-3-6-12(19-2)13(11)15/h3,5-6,17H,4,7-10,16H2,1-2H3. The average molecular weight is 271 g/mol. The van der Waals surface area contributed by atoms with E-state index in [9.17, 15) is 9.50 Å². The first-order chi connectivity index (χ1) is 9.06. The molecular weight excluding hydrogens is 249 g/mol. The van der Waals surface area contributed by atoms with E-state index in [0.29, 0.717) is 24.9 Å². The van der Waals surface area contributed by atoms with Gasteiger partial charge in [-0.2, -0.15) is 0 Å². The first-order valence-electron chi connectivity index (χ1n) is 6.29. The van der Waals surface area contributed by atoms with Gasteiger partial charge < -0.3 is 20.3 Å². The summed E-state index contributed by atoms with van der Waals surface area (Å²) >= 11 is 0. The first kappa shape index (κ1) is 15.9. The molecule has 1 aromatic carbocycles. The van der Waals surface area contributed by atoms with Gasteiger partial charge in [-0.15, -0.1) is 0 Å². The predicted molar refractivity (Wildman–Crippen MR) is 71.8 cm³/mol. The second-order valence-electron chi connectivity index (χ2n) is 4.66. The van der Waals surface area contributed by atoms with Crippen LogP contribution >= 0.6 is 0 Å². The smallest absolute Gasteiger partial charge is 0.168 e. The number of hydrogen-bond acceptors (Lipinski definition) is 4. The molecule has 0 amide bonds. The molecule has 0 aliphatic carbocycles. The zero-order valence-electron chi connectivity index (χ0n) is 11.5. The van der Waals surface area contributed by atoms with Crippen LogP contribution in [-0.4, -0.2) is 38.1 Å². The first-order valence-corrected chi connectivity index (χ1v) is 6.29. The molecule has 1 aromatic rings. The summed E-state index contributed by atoms with van der Waals surface area (Å²) in [7, 11) is 2.92. The van der Waals surface area contributed by atoms with E-state index in [4.69, 9.17) is 15.2 Å². The fraction of sp³-hybridized carbons (Fsp3) is 0.571. The molecule has 3 N–H and O–H groups in total. The van der Waals surface area contributed by atoms with E-state index in [1.54, 1.807) is 18.2 Å². The van der Waals surface area contributed by atoms with Crippen molar-refractivity contribution in [3.63, 3.8) is 0 Å². The largest absolute Gasteiger partial charge is 0.494 e. The van der Waals surface area contributed by atoms with E-state index in [2.05, 4.69) is 0 Å². The maximum absolute atomic E-state index is 14.1. The molecule has 1 unspecified atom stereocenters. The normalized spacial score (nSPS) is 14.2. The van der Waals surface area contributed by atoms with Crippen LogP contribution in [0.3, 0.4) is 0 Å². The monoisotopic (exact) mass is 271 g/mol. The minimum absolute atomic E-state index is 0.143. The Labute approximate surface area is 113 Å². The summed E-state index contributed by atoms with van der Waals surface area (Å²) in [6, 6.07) is 4.89. The fourth-order valence-electron chi connectivity index (χ4n) is 2.12. The Bertz CT molecular complexity index is 400. The lowest BCUT2D eigenvalue weighted by molar-refractivity contribution is -0.0380. The number of methoxy groups -OCH3 is 2. The number of halogens is 1. The van der Waals surface area contributed by atoms with Crippen LogP contribution in [-0.2, 0) is 11.2 Å². The fourth-order valence-corrected chi connectivity index (χ4v) is 2.12. The maximum Gasteiger partial charge on any atom is 0.168 e. The lowest BCUT2D eigenvalue weighted by atomic mass is 9.90. The average Bonchev–Trinajstić information content (AvgIpc) is 2.39. The van der Waals surface area contributed by atoms with Crippen LogP contribution in [0.25, 0.3) is 0 Å². The molecule has 0 saturated heterocycles. The van der Waals surface area contributed by atoms with Crippen molar-refractivity contribution in [3.05, 3.63) is 29.6 Å². The van der Waals surface area contributed by atoms with Crippen LogP contribution in [0.5, 0.6) is 5.75 Å². The van der Waals surface area contributed by atoms with Crippen molar-refractivity contribution in [3.8, 4) is 5.75 Å². The summed E-state index contributed by atoms with van der Waals surface area (Å²) in [6.45, 7) is 0.621. The van der Waals surface area contributed by atoms with Gasteiger partial charge in [-0.05, 0) is 31.0 Å². The van der Waals surface area contributed by atoms with E-state index in [0.717, 1.165) is 0 Å². The molecule has 0 radical (unpaired) electrons. The predicted octanol–water partition coefficient (Wildman–Crippen LogP) is 1.49. The SMILES string of the molecule is COCC(O)(CCCN)Cc1cccc(OC)c1F. The summed E-state index contributed by atoms with van der Waals surface area (Å²) in [5, 5.41) is 10.5. The maximum atomic E-state index is 14.1. The summed E-state index contributed by atoms with van der Waals surface area (Å²) in [5.74, 6) is -0.261. The molecule has 1 rings (SSSR count). The van der Waals surface area contributed by atoms with E-state index in [1.165, 1.54) is 14.2 Å². The Kier molecular flexibility index (Phi) is 6.21. The van der Waals surface area contributed by atoms with Gasteiger partial charge >= 0.3 is 0 Å². The molecule has 19 heavy (non-hydrogen) atoms. The van der Waals surface area contributed by atoms with Crippen molar-refractivity contribution in [1.82, 2.24) is 0 Å². The Balaban J connectivity index is 2.89. The van der Waals surface area contributed by atoms with E-state index < -0.39 is 11.4 Å². The van der Waals surface area contributed by atoms with Crippen LogP contribution in [0.4, 0.5) is 4.39 Å². The summed E-state index contributed by atoms with van der Waals surface area (Å²) in [4.78, 5) is 0. The molecule has 0 saturated carbocycles. The van der Waals surface area contributed by atoms with Crippen LogP contribution in [0.1, 0.15) is 18.4 Å². The number of ether oxygens (including phenoxy) is 2. The quantitative estimate of drug-likeness (QED) is 0.752. The van der Waals surface area contributed by atoms with Gasteiger partial charge in [0, 0.05) is 13.5 Å². The number of rotatable bonds is 8. The minimum Gasteiger partial charge on any atom is -0.494 e. The zero-order valence-corrected chi connectivity index (χ0v) is 11.5. The highest BCUT2D eigenvalue weighted by molar-refractivity contribution is 5.32. The third kappa shape index (κ3) is 4.45. The Morgan fingerprint density at radius 2 is 2.11 bits per heavy atom. The lowest BCUT2D eigenvalue weighted by Gasteiger charge is -2.27. The molecule has 5 heteroatoms. The van der Waals surface area contributed by atoms with Crippen molar-refractivity contribution in [2.75, 3.05) is 27.4 Å². The van der Waals surface area contributed by atoms with Gasteiger partial charge in [0.2, 0.25) is 0 Å². The second kappa shape index (κ2) is 7.43. The summed E-state index contributed by atoms with van der Waals surface area (Å²) in [5.41, 5.74) is 4.76. The van der Waals surface area contributed by atoms with Gasteiger partial charge in [-0.25, -0.2) is 4.39 Å². The highest BCUT2D eigenvalue weighted by Crippen LogP contribution is 2.26. The van der Waals surface area contributed by atoms with Gasteiger partial charge in [-0.1, -0.05) is 12.1 Å². The zero-order chi connectivity index (χ0) is 14.3. The van der Waals surface area contributed by atoms with Gasteiger partial charge in [0.15, 0.2) is 11.6 Å². The Morgan fingerprint density at radius 3 is 2.68 bits per heavy atom. The molecule has 0 bridgehead atoms. The number of nitrogens with two attached hydrogens (primary N) is 1. The second-order valence-corrected chi connectivity index (χ2v) is 4.66. The van der Waals surface area contributed by atoms with E-state index in [-0.39, 0.29) is 18.8 Å². The van der Waals surface area contributed by atoms with Crippen LogP contribution in [0, 0.1) is 5.82 Å². The molecule has 0 aromatic heterocycles. The lowest BCUT2D eigenvalue weighted by Crippen LogP contribution is -2.37. The van der Waals surface area contributed by atoms with E-state index in [1.807, 2.05) is 0 Å². The summed E-state index contributed by atoms with van der Waals surface area (Å²) in [6.07, 6.45) is 1.29. The Hall–Kier alpha value is -1.17.